The van der Waals surface area contributed by atoms with E-state index in [0.717, 1.165) is 0 Å². The van der Waals surface area contributed by atoms with Gasteiger partial charge in [0.2, 0.25) is 0 Å². The Hall–Kier alpha value is -4.28. The number of amides is 1. The number of nitro benzene ring substituents is 1. The van der Waals surface area contributed by atoms with Crippen LogP contribution in [0, 0.1) is 10.1 Å². The molecule has 0 aliphatic rings. The summed E-state index contributed by atoms with van der Waals surface area (Å²) in [6.07, 6.45) is 0. The average Bonchev–Trinajstić information content (AvgIpc) is 3.01. The number of aromatic amines is 1. The molecule has 0 aliphatic heterocycles. The lowest BCUT2D eigenvalue weighted by Crippen LogP contribution is -2.12. The molecule has 1 amide bonds. The summed E-state index contributed by atoms with van der Waals surface area (Å²) in [5, 5.41) is 36.7. The van der Waals surface area contributed by atoms with Crippen molar-refractivity contribution < 1.29 is 14.8 Å². The number of azo groups is 1. The van der Waals surface area contributed by atoms with E-state index in [-0.39, 0.29) is 34.3 Å². The zero-order chi connectivity index (χ0) is 19.4. The maximum atomic E-state index is 12.3. The number of non-ortho nitro benzene ring substituents is 1. The molecule has 1 aromatic heterocycles. The molecule has 0 unspecified atom stereocenters. The molecule has 0 aliphatic carbocycles. The first kappa shape index (κ1) is 17.5. The normalized spacial score (nSPS) is 10.8. The van der Waals surface area contributed by atoms with Crippen molar-refractivity contribution in [3.05, 3.63) is 64.2 Å². The van der Waals surface area contributed by atoms with Crippen LogP contribution in [0.3, 0.4) is 0 Å². The van der Waals surface area contributed by atoms with Crippen LogP contribution in [0.5, 0.6) is 5.75 Å². The van der Waals surface area contributed by atoms with Gasteiger partial charge >= 0.3 is 0 Å². The molecular formula is C16H13N7O4. The first-order valence-electron chi connectivity index (χ1n) is 7.54. The van der Waals surface area contributed by atoms with Gasteiger partial charge in [0.15, 0.2) is 11.5 Å². The number of carbonyl (C=O) groups excluding carboxylic acids is 1. The molecule has 3 aromatic rings. The van der Waals surface area contributed by atoms with E-state index >= 15 is 0 Å². The van der Waals surface area contributed by atoms with Crippen LogP contribution < -0.4 is 11.1 Å². The van der Waals surface area contributed by atoms with Crippen LogP contribution in [-0.4, -0.2) is 26.1 Å². The largest absolute Gasteiger partial charge is 0.508 e. The zero-order valence-corrected chi connectivity index (χ0v) is 13.7. The number of nitrogens with one attached hydrogen (secondary N) is 2. The third-order valence-corrected chi connectivity index (χ3v) is 3.46. The van der Waals surface area contributed by atoms with Crippen molar-refractivity contribution in [2.45, 2.75) is 0 Å². The van der Waals surface area contributed by atoms with Gasteiger partial charge in [-0.3, -0.25) is 20.0 Å². The molecule has 0 bridgehead atoms. The molecule has 0 saturated heterocycles. The molecule has 27 heavy (non-hydrogen) atoms. The number of nitrogen functional groups attached to an aromatic ring is 1. The predicted octanol–water partition coefficient (Wildman–Crippen LogP) is 3.27. The molecule has 0 radical (unpaired) electrons. The van der Waals surface area contributed by atoms with Gasteiger partial charge < -0.3 is 16.2 Å². The number of phenolic OH excluding ortho intramolecular Hbond substituents is 1. The van der Waals surface area contributed by atoms with Crippen LogP contribution in [0.2, 0.25) is 0 Å². The number of nitro groups is 1. The summed E-state index contributed by atoms with van der Waals surface area (Å²) in [6, 6.07) is 11.1. The Morgan fingerprint density at radius 3 is 2.44 bits per heavy atom. The van der Waals surface area contributed by atoms with Gasteiger partial charge in [-0.15, -0.1) is 5.11 Å². The summed E-state index contributed by atoms with van der Waals surface area (Å²) in [5.41, 5.74) is 6.41. The molecule has 2 aromatic carbocycles. The Balaban J connectivity index is 1.78. The van der Waals surface area contributed by atoms with Crippen LogP contribution in [0.1, 0.15) is 10.4 Å². The molecule has 136 valence electrons. The standard InChI is InChI=1S/C16H13N7O4/c17-14-13(20-19-10-3-7-12(24)8-4-10)15(22-21-14)18-16(25)9-1-5-11(6-2-9)23(26)27/h1-8,24H,(H4,17,18,21,22,25). The SMILES string of the molecule is Nc1[nH]nc(NC(=O)c2ccc([N+](=O)[O-])cc2)c1N=Nc1ccc(O)cc1. The number of H-pyrrole nitrogens is 1. The highest BCUT2D eigenvalue weighted by molar-refractivity contribution is 6.05. The number of phenols is 1. The fourth-order valence-corrected chi connectivity index (χ4v) is 2.08. The molecule has 3 rings (SSSR count). The van der Waals surface area contributed by atoms with E-state index in [2.05, 4.69) is 25.7 Å². The highest BCUT2D eigenvalue weighted by Gasteiger charge is 2.16. The third kappa shape index (κ3) is 4.04. The second kappa shape index (κ2) is 7.31. The summed E-state index contributed by atoms with van der Waals surface area (Å²) >= 11 is 0. The summed E-state index contributed by atoms with van der Waals surface area (Å²) in [5.74, 6) is -0.305. The second-order valence-corrected chi connectivity index (χ2v) is 5.31. The van der Waals surface area contributed by atoms with Crippen LogP contribution in [0.25, 0.3) is 0 Å². The Morgan fingerprint density at radius 1 is 1.15 bits per heavy atom. The fourth-order valence-electron chi connectivity index (χ4n) is 2.08. The number of nitrogens with two attached hydrogens (primary N) is 1. The Morgan fingerprint density at radius 2 is 1.81 bits per heavy atom. The molecule has 0 spiro atoms. The van der Waals surface area contributed by atoms with Gasteiger partial charge in [0, 0.05) is 17.7 Å². The maximum absolute atomic E-state index is 12.3. The van der Waals surface area contributed by atoms with Crippen LogP contribution in [0.4, 0.5) is 28.7 Å². The fraction of sp³-hybridized carbons (Fsp3) is 0. The van der Waals surface area contributed by atoms with Crippen LogP contribution >= 0.6 is 0 Å². The van der Waals surface area contributed by atoms with Gasteiger partial charge in [-0.05, 0) is 36.4 Å². The number of hydrogen-bond acceptors (Lipinski definition) is 8. The summed E-state index contributed by atoms with van der Waals surface area (Å²) in [7, 11) is 0. The van der Waals surface area contributed by atoms with Gasteiger partial charge in [0.05, 0.1) is 10.6 Å². The van der Waals surface area contributed by atoms with Crippen molar-refractivity contribution in [1.82, 2.24) is 10.2 Å². The minimum Gasteiger partial charge on any atom is -0.508 e. The van der Waals surface area contributed by atoms with E-state index in [4.69, 9.17) is 5.73 Å². The van der Waals surface area contributed by atoms with Crippen molar-refractivity contribution in [2.75, 3.05) is 11.1 Å². The molecule has 5 N–H and O–H groups in total. The quantitative estimate of drug-likeness (QED) is 0.306. The highest BCUT2D eigenvalue weighted by atomic mass is 16.6. The Labute approximate surface area is 151 Å². The van der Waals surface area contributed by atoms with Crippen molar-refractivity contribution in [1.29, 1.82) is 0 Å². The molecule has 0 fully saturated rings. The molecule has 0 atom stereocenters. The molecule has 1 heterocycles. The predicted molar refractivity (Wildman–Crippen MR) is 96.3 cm³/mol. The van der Waals surface area contributed by atoms with Gasteiger partial charge in [0.25, 0.3) is 11.6 Å². The van der Waals surface area contributed by atoms with E-state index in [1.165, 1.54) is 36.4 Å². The number of aromatic nitrogens is 2. The topological polar surface area (TPSA) is 172 Å². The average molecular weight is 367 g/mol. The summed E-state index contributed by atoms with van der Waals surface area (Å²) in [4.78, 5) is 22.4. The second-order valence-electron chi connectivity index (χ2n) is 5.31. The zero-order valence-electron chi connectivity index (χ0n) is 13.7. The molecule has 11 heteroatoms. The molecular weight excluding hydrogens is 354 g/mol. The number of hydrogen-bond donors (Lipinski definition) is 4. The summed E-state index contributed by atoms with van der Waals surface area (Å²) < 4.78 is 0. The van der Waals surface area contributed by atoms with E-state index in [1.807, 2.05) is 0 Å². The van der Waals surface area contributed by atoms with Crippen molar-refractivity contribution in [3.8, 4) is 5.75 Å². The van der Waals surface area contributed by atoms with Crippen molar-refractivity contribution in [3.63, 3.8) is 0 Å². The number of aromatic hydroxyl groups is 1. The van der Waals surface area contributed by atoms with Gasteiger partial charge in [0.1, 0.15) is 11.6 Å². The smallest absolute Gasteiger partial charge is 0.269 e. The van der Waals surface area contributed by atoms with E-state index in [9.17, 15) is 20.0 Å². The minimum absolute atomic E-state index is 0.0541. The van der Waals surface area contributed by atoms with E-state index in [0.29, 0.717) is 5.69 Å². The number of nitrogens with zero attached hydrogens (tertiary/aromatic N) is 4. The van der Waals surface area contributed by atoms with Gasteiger partial charge in [-0.1, -0.05) is 0 Å². The van der Waals surface area contributed by atoms with Crippen molar-refractivity contribution >= 4 is 34.6 Å². The van der Waals surface area contributed by atoms with Crippen molar-refractivity contribution in [2.24, 2.45) is 10.2 Å². The maximum Gasteiger partial charge on any atom is 0.269 e. The minimum atomic E-state index is -0.558. The van der Waals surface area contributed by atoms with Gasteiger partial charge in [-0.2, -0.15) is 10.2 Å². The molecule has 0 saturated carbocycles. The number of anilines is 2. The lowest BCUT2D eigenvalue weighted by Gasteiger charge is -2.03. The first-order valence-corrected chi connectivity index (χ1v) is 7.54. The molecule has 11 nitrogen and oxygen atoms in total. The lowest BCUT2D eigenvalue weighted by molar-refractivity contribution is -0.384. The third-order valence-electron chi connectivity index (χ3n) is 3.46. The highest BCUT2D eigenvalue weighted by Crippen LogP contribution is 2.31. The van der Waals surface area contributed by atoms with Crippen LogP contribution in [0.15, 0.2) is 58.8 Å². The number of carbonyl (C=O) groups is 1. The van der Waals surface area contributed by atoms with Crippen LogP contribution in [-0.2, 0) is 0 Å². The van der Waals surface area contributed by atoms with Gasteiger partial charge in [-0.25, -0.2) is 0 Å². The monoisotopic (exact) mass is 367 g/mol. The lowest BCUT2D eigenvalue weighted by atomic mass is 10.2. The Bertz CT molecular complexity index is 1010. The summed E-state index contributed by atoms with van der Waals surface area (Å²) in [6.45, 7) is 0. The Kier molecular flexibility index (Phi) is 4.75. The number of rotatable bonds is 5. The first-order chi connectivity index (χ1) is 12.9. The number of benzene rings is 2. The van der Waals surface area contributed by atoms with E-state index < -0.39 is 10.8 Å². The van der Waals surface area contributed by atoms with E-state index in [1.54, 1.807) is 12.1 Å².